The number of nitrogens with one attached hydrogen (secondary N) is 1. The fraction of sp³-hybridized carbons (Fsp3) is 0.238. The van der Waals surface area contributed by atoms with Gasteiger partial charge in [-0.15, -0.1) is 0 Å². The predicted octanol–water partition coefficient (Wildman–Crippen LogP) is 3.01. The van der Waals surface area contributed by atoms with Gasteiger partial charge in [-0.1, -0.05) is 12.1 Å². The summed E-state index contributed by atoms with van der Waals surface area (Å²) in [6, 6.07) is 14.8. The predicted molar refractivity (Wildman–Crippen MR) is 113 cm³/mol. The van der Waals surface area contributed by atoms with E-state index in [0.717, 1.165) is 52.9 Å². The maximum Gasteiger partial charge on any atom is 0.292 e. The molecule has 0 spiro atoms. The van der Waals surface area contributed by atoms with Crippen LogP contribution >= 0.6 is 0 Å². The zero-order chi connectivity index (χ0) is 19.3. The van der Waals surface area contributed by atoms with Gasteiger partial charge in [-0.25, -0.2) is 4.98 Å². The van der Waals surface area contributed by atoms with E-state index in [4.69, 9.17) is 15.9 Å². The first-order valence-corrected chi connectivity index (χ1v) is 9.42. The Morgan fingerprint density at radius 1 is 1.04 bits per heavy atom. The van der Waals surface area contributed by atoms with Gasteiger partial charge < -0.3 is 26.1 Å². The molecule has 1 aliphatic heterocycles. The number of oxazole rings is 1. The van der Waals surface area contributed by atoms with Crippen molar-refractivity contribution in [1.82, 2.24) is 15.3 Å². The highest BCUT2D eigenvalue weighted by molar-refractivity contribution is 5.91. The summed E-state index contributed by atoms with van der Waals surface area (Å²) in [7, 11) is 0. The van der Waals surface area contributed by atoms with Crippen LogP contribution in [0.3, 0.4) is 0 Å². The molecule has 0 aliphatic carbocycles. The van der Waals surface area contributed by atoms with E-state index >= 15 is 0 Å². The first-order valence-electron chi connectivity index (χ1n) is 9.42. The molecule has 1 atom stereocenters. The summed E-state index contributed by atoms with van der Waals surface area (Å²) >= 11 is 0. The Bertz CT molecular complexity index is 1180. The number of hydrogen-bond acceptors (Lipinski definition) is 7. The first kappa shape index (κ1) is 16.8. The number of nitrogens with two attached hydrogens (primary N) is 2. The Morgan fingerprint density at radius 3 is 2.71 bits per heavy atom. The number of nitrogens with zero attached hydrogens (tertiary/aromatic N) is 3. The Kier molecular flexibility index (Phi) is 3.84. The van der Waals surface area contributed by atoms with Crippen LogP contribution in [0.15, 0.2) is 46.9 Å². The van der Waals surface area contributed by atoms with E-state index in [0.29, 0.717) is 17.4 Å². The van der Waals surface area contributed by atoms with E-state index < -0.39 is 0 Å². The topological polar surface area (TPSA) is 106 Å². The number of aromatic nitrogens is 2. The molecule has 28 heavy (non-hydrogen) atoms. The van der Waals surface area contributed by atoms with Crippen molar-refractivity contribution in [2.24, 2.45) is 0 Å². The van der Waals surface area contributed by atoms with Crippen LogP contribution in [0.1, 0.15) is 6.92 Å². The van der Waals surface area contributed by atoms with Gasteiger partial charge in [0, 0.05) is 31.1 Å². The Balaban J connectivity index is 1.57. The maximum absolute atomic E-state index is 6.27. The zero-order valence-electron chi connectivity index (χ0n) is 15.6. The summed E-state index contributed by atoms with van der Waals surface area (Å²) in [6.07, 6.45) is 0. The molecule has 0 unspecified atom stereocenters. The minimum atomic E-state index is 0.181. The molecule has 7 heteroatoms. The quantitative estimate of drug-likeness (QED) is 0.495. The lowest BCUT2D eigenvalue weighted by Crippen LogP contribution is -2.49. The molecule has 2 aromatic carbocycles. The van der Waals surface area contributed by atoms with Crippen molar-refractivity contribution in [2.45, 2.75) is 13.0 Å². The van der Waals surface area contributed by atoms with E-state index in [9.17, 15) is 0 Å². The van der Waals surface area contributed by atoms with Crippen LogP contribution in [-0.2, 0) is 0 Å². The molecule has 4 aromatic rings. The molecule has 0 radical (unpaired) electrons. The standard InChI is InChI=1S/C21H22N6O/c1-12-11-27(7-6-24-12)18-10-15-8-13(2-4-16(15)25-20(18)22)14-3-5-19-17(9-14)26-21(23)28-19/h2-5,8-10,12,24H,6-7,11H2,1H3,(H2,22,25)(H2,23,26)/t12-/m0/s1. The highest BCUT2D eigenvalue weighted by Crippen LogP contribution is 2.31. The maximum atomic E-state index is 6.27. The van der Waals surface area contributed by atoms with Gasteiger partial charge in [0.25, 0.3) is 6.01 Å². The van der Waals surface area contributed by atoms with E-state index in [1.54, 1.807) is 0 Å². The number of nitrogen functional groups attached to an aromatic ring is 2. The lowest BCUT2D eigenvalue weighted by molar-refractivity contribution is 0.485. The van der Waals surface area contributed by atoms with Crippen LogP contribution in [0.2, 0.25) is 0 Å². The lowest BCUT2D eigenvalue weighted by atomic mass is 10.0. The average molecular weight is 374 g/mol. The molecule has 142 valence electrons. The number of rotatable bonds is 2. The van der Waals surface area contributed by atoms with Crippen LogP contribution in [0.5, 0.6) is 0 Å². The number of anilines is 3. The lowest BCUT2D eigenvalue weighted by Gasteiger charge is -2.34. The highest BCUT2D eigenvalue weighted by Gasteiger charge is 2.19. The number of piperazine rings is 1. The van der Waals surface area contributed by atoms with Crippen molar-refractivity contribution < 1.29 is 4.42 Å². The van der Waals surface area contributed by atoms with Gasteiger partial charge in [-0.3, -0.25) is 0 Å². The summed E-state index contributed by atoms with van der Waals surface area (Å²) in [4.78, 5) is 11.2. The van der Waals surface area contributed by atoms with E-state index in [2.05, 4.69) is 39.2 Å². The Morgan fingerprint density at radius 2 is 1.86 bits per heavy atom. The second-order valence-corrected chi connectivity index (χ2v) is 7.34. The molecule has 0 amide bonds. The largest absolute Gasteiger partial charge is 0.424 e. The van der Waals surface area contributed by atoms with Gasteiger partial charge in [0.15, 0.2) is 5.58 Å². The van der Waals surface area contributed by atoms with Crippen LogP contribution in [0, 0.1) is 0 Å². The highest BCUT2D eigenvalue weighted by atomic mass is 16.4. The zero-order valence-corrected chi connectivity index (χ0v) is 15.6. The van der Waals surface area contributed by atoms with Crippen molar-refractivity contribution in [3.8, 4) is 11.1 Å². The van der Waals surface area contributed by atoms with Crippen molar-refractivity contribution in [3.05, 3.63) is 42.5 Å². The molecule has 1 saturated heterocycles. The molecule has 5 rings (SSSR count). The smallest absolute Gasteiger partial charge is 0.292 e. The van der Waals surface area contributed by atoms with E-state index in [-0.39, 0.29) is 6.01 Å². The van der Waals surface area contributed by atoms with Gasteiger partial charge in [0.2, 0.25) is 0 Å². The second kappa shape index (κ2) is 6.38. The van der Waals surface area contributed by atoms with E-state index in [1.807, 2.05) is 30.3 Å². The fourth-order valence-electron chi connectivity index (χ4n) is 3.89. The summed E-state index contributed by atoms with van der Waals surface area (Å²) in [5.74, 6) is 0.578. The molecular weight excluding hydrogens is 352 g/mol. The molecule has 1 fully saturated rings. The minimum absolute atomic E-state index is 0.181. The Labute approximate surface area is 162 Å². The van der Waals surface area contributed by atoms with Crippen molar-refractivity contribution in [3.63, 3.8) is 0 Å². The summed E-state index contributed by atoms with van der Waals surface area (Å²) < 4.78 is 5.37. The van der Waals surface area contributed by atoms with Crippen molar-refractivity contribution in [2.75, 3.05) is 36.0 Å². The van der Waals surface area contributed by atoms with Crippen LogP contribution < -0.4 is 21.7 Å². The molecule has 0 bridgehead atoms. The van der Waals surface area contributed by atoms with Crippen molar-refractivity contribution in [1.29, 1.82) is 0 Å². The number of fused-ring (bicyclic) bond motifs is 2. The number of pyridine rings is 1. The molecule has 3 heterocycles. The molecule has 1 aliphatic rings. The summed E-state index contributed by atoms with van der Waals surface area (Å²) in [6.45, 7) is 4.97. The van der Waals surface area contributed by atoms with E-state index in [1.165, 1.54) is 0 Å². The molecular formula is C21H22N6O. The first-order chi connectivity index (χ1) is 13.6. The normalized spacial score (nSPS) is 17.5. The third-order valence-corrected chi connectivity index (χ3v) is 5.27. The van der Waals surface area contributed by atoms with Gasteiger partial charge in [-0.05, 0) is 48.4 Å². The SMILES string of the molecule is C[C@H]1CN(c2cc3cc(-c4ccc5oc(N)nc5c4)ccc3nc2N)CCN1. The molecule has 0 saturated carbocycles. The van der Waals surface area contributed by atoms with Gasteiger partial charge >= 0.3 is 0 Å². The molecule has 7 nitrogen and oxygen atoms in total. The third kappa shape index (κ3) is 2.90. The van der Waals surface area contributed by atoms with Crippen molar-refractivity contribution >= 4 is 39.5 Å². The summed E-state index contributed by atoms with van der Waals surface area (Å²) in [5.41, 5.74) is 17.4. The number of benzene rings is 2. The minimum Gasteiger partial charge on any atom is -0.424 e. The molecule has 5 N–H and O–H groups in total. The molecule has 2 aromatic heterocycles. The monoisotopic (exact) mass is 374 g/mol. The second-order valence-electron chi connectivity index (χ2n) is 7.34. The average Bonchev–Trinajstić information content (AvgIpc) is 3.06. The van der Waals surface area contributed by atoms with Crippen LogP contribution in [0.4, 0.5) is 17.5 Å². The van der Waals surface area contributed by atoms with Gasteiger partial charge in [0.05, 0.1) is 11.2 Å². The summed E-state index contributed by atoms with van der Waals surface area (Å²) in [5, 5.41) is 4.52. The van der Waals surface area contributed by atoms with Crippen LogP contribution in [-0.4, -0.2) is 35.6 Å². The van der Waals surface area contributed by atoms with Crippen LogP contribution in [0.25, 0.3) is 33.1 Å². The van der Waals surface area contributed by atoms with Gasteiger partial charge in [-0.2, -0.15) is 4.98 Å². The fourth-order valence-corrected chi connectivity index (χ4v) is 3.89. The third-order valence-electron chi connectivity index (χ3n) is 5.27. The number of hydrogen-bond donors (Lipinski definition) is 3. The Hall–Kier alpha value is -3.32. The van der Waals surface area contributed by atoms with Gasteiger partial charge in [0.1, 0.15) is 11.3 Å².